The van der Waals surface area contributed by atoms with E-state index in [0.717, 1.165) is 11.1 Å². The predicted octanol–water partition coefficient (Wildman–Crippen LogP) is 2.91. The number of carbonyl (C=O) groups is 1. The maximum Gasteiger partial charge on any atom is 0.244 e. The summed E-state index contributed by atoms with van der Waals surface area (Å²) in [4.78, 5) is 14.2. The lowest BCUT2D eigenvalue weighted by Gasteiger charge is -2.28. The van der Waals surface area contributed by atoms with Gasteiger partial charge in [0.2, 0.25) is 5.91 Å². The van der Waals surface area contributed by atoms with Crippen LogP contribution in [0.25, 0.3) is 0 Å². The zero-order valence-electron chi connectivity index (χ0n) is 11.9. The maximum absolute atomic E-state index is 12.5. The second kappa shape index (κ2) is 6.35. The fourth-order valence-electron chi connectivity index (χ4n) is 2.17. The number of benzene rings is 2. The predicted molar refractivity (Wildman–Crippen MR) is 81.0 cm³/mol. The third-order valence-electron chi connectivity index (χ3n) is 3.64. The fourth-order valence-corrected chi connectivity index (χ4v) is 2.17. The minimum Gasteiger partial charge on any atom is -0.337 e. The molecule has 0 aromatic heterocycles. The first-order chi connectivity index (χ1) is 9.61. The highest BCUT2D eigenvalue weighted by atomic mass is 16.2. The molecule has 1 unspecified atom stereocenters. The van der Waals surface area contributed by atoms with Gasteiger partial charge in [-0.25, -0.2) is 0 Å². The molecule has 2 aromatic rings. The molecule has 0 saturated heterocycles. The van der Waals surface area contributed by atoms with E-state index in [9.17, 15) is 4.79 Å². The molecule has 2 aromatic carbocycles. The molecule has 0 aliphatic heterocycles. The van der Waals surface area contributed by atoms with Crippen LogP contribution in [0.5, 0.6) is 0 Å². The van der Waals surface area contributed by atoms with Gasteiger partial charge in [-0.05, 0) is 18.1 Å². The highest BCUT2D eigenvalue weighted by Crippen LogP contribution is 2.22. The van der Waals surface area contributed by atoms with Crippen molar-refractivity contribution in [2.24, 2.45) is 5.73 Å². The summed E-state index contributed by atoms with van der Waals surface area (Å²) in [6, 6.07) is 18.8. The van der Waals surface area contributed by atoms with Gasteiger partial charge in [-0.3, -0.25) is 4.79 Å². The van der Waals surface area contributed by atoms with Crippen LogP contribution in [0.1, 0.15) is 30.1 Å². The third-order valence-corrected chi connectivity index (χ3v) is 3.64. The lowest BCUT2D eigenvalue weighted by Crippen LogP contribution is -2.37. The van der Waals surface area contributed by atoms with Gasteiger partial charge in [-0.2, -0.15) is 0 Å². The molecule has 2 rings (SSSR count). The summed E-state index contributed by atoms with van der Waals surface area (Å²) in [5.41, 5.74) is 8.00. The van der Waals surface area contributed by atoms with E-state index in [4.69, 9.17) is 5.73 Å². The Labute approximate surface area is 120 Å². The lowest BCUT2D eigenvalue weighted by atomic mass is 10.0. The van der Waals surface area contributed by atoms with Crippen LogP contribution < -0.4 is 5.73 Å². The maximum atomic E-state index is 12.5. The molecule has 2 N–H and O–H groups in total. The van der Waals surface area contributed by atoms with Crippen molar-refractivity contribution in [3.63, 3.8) is 0 Å². The minimum absolute atomic E-state index is 0.00142. The summed E-state index contributed by atoms with van der Waals surface area (Å²) < 4.78 is 0. The summed E-state index contributed by atoms with van der Waals surface area (Å²) in [5, 5.41) is 0. The molecule has 0 radical (unpaired) electrons. The molecule has 0 aliphatic carbocycles. The smallest absolute Gasteiger partial charge is 0.244 e. The van der Waals surface area contributed by atoms with Gasteiger partial charge in [0, 0.05) is 7.05 Å². The highest BCUT2D eigenvalue weighted by Gasteiger charge is 2.23. The van der Waals surface area contributed by atoms with Crippen molar-refractivity contribution in [2.45, 2.75) is 19.0 Å². The van der Waals surface area contributed by atoms with E-state index < -0.39 is 6.04 Å². The van der Waals surface area contributed by atoms with Gasteiger partial charge in [-0.1, -0.05) is 60.7 Å². The first-order valence-electron chi connectivity index (χ1n) is 6.73. The molecule has 20 heavy (non-hydrogen) atoms. The van der Waals surface area contributed by atoms with E-state index in [2.05, 4.69) is 0 Å². The number of amides is 1. The van der Waals surface area contributed by atoms with Gasteiger partial charge in [-0.15, -0.1) is 0 Å². The average molecular weight is 268 g/mol. The number of rotatable bonds is 4. The van der Waals surface area contributed by atoms with Crippen molar-refractivity contribution < 1.29 is 4.79 Å². The van der Waals surface area contributed by atoms with E-state index >= 15 is 0 Å². The van der Waals surface area contributed by atoms with Crippen LogP contribution in [-0.2, 0) is 4.79 Å². The lowest BCUT2D eigenvalue weighted by molar-refractivity contribution is -0.133. The minimum atomic E-state index is -0.618. The third kappa shape index (κ3) is 3.06. The van der Waals surface area contributed by atoms with Crippen molar-refractivity contribution >= 4 is 5.91 Å². The normalized spacial score (nSPS) is 13.6. The van der Waals surface area contributed by atoms with Crippen LogP contribution in [0.2, 0.25) is 0 Å². The second-order valence-electron chi connectivity index (χ2n) is 4.92. The van der Waals surface area contributed by atoms with Gasteiger partial charge in [0.25, 0.3) is 0 Å². The van der Waals surface area contributed by atoms with Crippen LogP contribution in [-0.4, -0.2) is 17.9 Å². The fraction of sp³-hybridized carbons (Fsp3) is 0.235. The van der Waals surface area contributed by atoms with Crippen LogP contribution in [0.3, 0.4) is 0 Å². The molecule has 0 saturated carbocycles. The monoisotopic (exact) mass is 268 g/mol. The van der Waals surface area contributed by atoms with Crippen LogP contribution in [0, 0.1) is 0 Å². The zero-order valence-corrected chi connectivity index (χ0v) is 11.9. The molecule has 0 fully saturated rings. The molecular formula is C17H20N2O. The molecule has 3 heteroatoms. The molecule has 1 amide bonds. The Bertz CT molecular complexity index is 554. The summed E-state index contributed by atoms with van der Waals surface area (Å²) in [5.74, 6) is -0.0763. The van der Waals surface area contributed by atoms with Crippen molar-refractivity contribution in [1.29, 1.82) is 0 Å². The Morgan fingerprint density at radius 3 is 1.90 bits per heavy atom. The summed E-state index contributed by atoms with van der Waals surface area (Å²) in [7, 11) is 1.79. The van der Waals surface area contributed by atoms with Gasteiger partial charge >= 0.3 is 0 Å². The van der Waals surface area contributed by atoms with Crippen LogP contribution >= 0.6 is 0 Å². The number of hydrogen-bond donors (Lipinski definition) is 1. The van der Waals surface area contributed by atoms with Crippen LogP contribution in [0.4, 0.5) is 0 Å². The van der Waals surface area contributed by atoms with Crippen molar-refractivity contribution in [1.82, 2.24) is 4.90 Å². The Morgan fingerprint density at radius 2 is 1.40 bits per heavy atom. The van der Waals surface area contributed by atoms with Crippen LogP contribution in [0.15, 0.2) is 60.7 Å². The molecule has 0 spiro atoms. The Morgan fingerprint density at radius 1 is 0.950 bits per heavy atom. The highest BCUT2D eigenvalue weighted by molar-refractivity contribution is 5.83. The van der Waals surface area contributed by atoms with E-state index in [1.807, 2.05) is 67.6 Å². The Kier molecular flexibility index (Phi) is 4.53. The van der Waals surface area contributed by atoms with Crippen molar-refractivity contribution in [3.05, 3.63) is 71.8 Å². The molecular weight excluding hydrogens is 248 g/mol. The summed E-state index contributed by atoms with van der Waals surface area (Å²) in [6.45, 7) is 2.00. The van der Waals surface area contributed by atoms with Gasteiger partial charge in [0.05, 0.1) is 6.04 Å². The van der Waals surface area contributed by atoms with Crippen molar-refractivity contribution in [2.75, 3.05) is 7.05 Å². The molecule has 0 heterocycles. The molecule has 0 aliphatic rings. The number of likely N-dealkylation sites (N-methyl/N-ethyl adjacent to an activating group) is 1. The Balaban J connectivity index is 2.13. The SMILES string of the molecule is CC(c1ccccc1)N(C)C(=O)[C@H](N)c1ccccc1. The Hall–Kier alpha value is -2.13. The molecule has 104 valence electrons. The second-order valence-corrected chi connectivity index (χ2v) is 4.92. The zero-order chi connectivity index (χ0) is 14.5. The standard InChI is InChI=1S/C17H20N2O/c1-13(14-9-5-3-6-10-14)19(2)17(20)16(18)15-11-7-4-8-12-15/h3-13,16H,18H2,1-2H3/t13?,16-/m1/s1. The largest absolute Gasteiger partial charge is 0.337 e. The van der Waals surface area contributed by atoms with E-state index in [1.165, 1.54) is 0 Å². The average Bonchev–Trinajstić information content (AvgIpc) is 2.53. The number of nitrogens with zero attached hydrogens (tertiary/aromatic N) is 1. The van der Waals surface area contributed by atoms with Gasteiger partial charge in [0.1, 0.15) is 6.04 Å². The number of carbonyl (C=O) groups excluding carboxylic acids is 1. The van der Waals surface area contributed by atoms with E-state index in [0.29, 0.717) is 0 Å². The summed E-state index contributed by atoms with van der Waals surface area (Å²) in [6.07, 6.45) is 0. The first kappa shape index (κ1) is 14.3. The van der Waals surface area contributed by atoms with Gasteiger partial charge < -0.3 is 10.6 Å². The topological polar surface area (TPSA) is 46.3 Å². The molecule has 3 nitrogen and oxygen atoms in total. The number of hydrogen-bond acceptors (Lipinski definition) is 2. The summed E-state index contributed by atoms with van der Waals surface area (Å²) >= 11 is 0. The quantitative estimate of drug-likeness (QED) is 0.926. The molecule has 2 atom stereocenters. The van der Waals surface area contributed by atoms with E-state index in [1.54, 1.807) is 11.9 Å². The molecule has 0 bridgehead atoms. The van der Waals surface area contributed by atoms with Gasteiger partial charge in [0.15, 0.2) is 0 Å². The number of nitrogens with two attached hydrogens (primary N) is 1. The van der Waals surface area contributed by atoms with E-state index in [-0.39, 0.29) is 11.9 Å². The van der Waals surface area contributed by atoms with Crippen molar-refractivity contribution in [3.8, 4) is 0 Å². The first-order valence-corrected chi connectivity index (χ1v) is 6.73.